The van der Waals surface area contributed by atoms with Gasteiger partial charge in [-0.2, -0.15) is 5.53 Å². The van der Waals surface area contributed by atoms with Gasteiger partial charge < -0.3 is 47.8 Å². The molecule has 9 nitrogen and oxygen atoms in total. The van der Waals surface area contributed by atoms with E-state index in [2.05, 4.69) is 28.1 Å². The number of carbonyl (C=O) groups excluding carboxylic acids is 1. The average Bonchev–Trinajstić information content (AvgIpc) is 3.39. The van der Waals surface area contributed by atoms with Crippen molar-refractivity contribution in [1.29, 1.82) is 5.53 Å². The zero-order chi connectivity index (χ0) is 24.5. The quantitative estimate of drug-likeness (QED) is 0.216. The lowest BCUT2D eigenvalue weighted by Crippen LogP contribution is -3.00. The Morgan fingerprint density at radius 1 is 1.18 bits per heavy atom. The first-order chi connectivity index (χ1) is 15.9. The van der Waals surface area contributed by atoms with Gasteiger partial charge in [0, 0.05) is 70.3 Å². The van der Waals surface area contributed by atoms with Crippen LogP contribution in [0.15, 0.2) is 53.8 Å². The number of nitrogens with one attached hydrogen (secondary N) is 1. The highest BCUT2D eigenvalue weighted by molar-refractivity contribution is 5.72. The van der Waals surface area contributed by atoms with Crippen LogP contribution in [0, 0.1) is 5.53 Å². The van der Waals surface area contributed by atoms with Crippen molar-refractivity contribution in [3.8, 4) is 11.5 Å². The topological polar surface area (TPSA) is 135 Å². The number of nitrogens with zero attached hydrogens (tertiary/aromatic N) is 3. The standard InChI is InChI=1S/C10H13NO2.C10H11NO.C4H8O.ClH.H3N3/c1-11(6-3-7-12)9-4-2-5-10(13)8-9;1-11-6-2-3-8-4-5-9(12)7-10(8)11;1-2-4-5-3-1;;1-3-2/h2,4-5,7-8,13H,3,6H2,1H3;2-5,7,12H,6H2,1H3;1-4H2;1H;(H3,1,2)/p-1. The van der Waals surface area contributed by atoms with Crippen molar-refractivity contribution < 1.29 is 32.2 Å². The Morgan fingerprint density at radius 2 is 1.82 bits per heavy atom. The third kappa shape index (κ3) is 12.1. The summed E-state index contributed by atoms with van der Waals surface area (Å²) >= 11 is 0. The second-order valence-corrected chi connectivity index (χ2v) is 7.37. The molecule has 1 saturated heterocycles. The molecule has 0 aromatic heterocycles. The molecule has 2 aromatic rings. The molecule has 4 rings (SSSR count). The van der Waals surface area contributed by atoms with Crippen LogP contribution in [-0.4, -0.2) is 56.9 Å². The van der Waals surface area contributed by atoms with Gasteiger partial charge in [-0.3, -0.25) is 0 Å². The molecule has 0 atom stereocenters. The molecule has 0 spiro atoms. The number of hydrogen-bond donors (Lipinski definition) is 4. The molecule has 1 fully saturated rings. The monoisotopic (exact) mass is 492 g/mol. The molecular formula is C24H35ClN5O4-. The van der Waals surface area contributed by atoms with Gasteiger partial charge in [0.15, 0.2) is 0 Å². The molecule has 0 radical (unpaired) electrons. The summed E-state index contributed by atoms with van der Waals surface area (Å²) in [6.07, 6.45) is 8.14. The largest absolute Gasteiger partial charge is 1.00 e. The SMILES string of the molecule is C1CCOC1.CN(CCC=O)c1cccc(O)c1.CN1CC=Cc2ccc(O)cc21.N=NN.[Cl-]. The number of carbonyl (C=O) groups is 1. The Kier molecular flexibility index (Phi) is 16.4. The van der Waals surface area contributed by atoms with E-state index < -0.39 is 0 Å². The van der Waals surface area contributed by atoms with Crippen LogP contribution in [0.25, 0.3) is 6.08 Å². The van der Waals surface area contributed by atoms with Gasteiger partial charge in [-0.15, -0.1) is 0 Å². The maximum absolute atomic E-state index is 10.1. The fourth-order valence-corrected chi connectivity index (χ4v) is 3.06. The van der Waals surface area contributed by atoms with Crippen LogP contribution in [0.5, 0.6) is 11.5 Å². The number of aldehydes is 1. The first-order valence-electron chi connectivity index (χ1n) is 10.7. The fourth-order valence-electron chi connectivity index (χ4n) is 3.06. The second kappa shape index (κ2) is 18.2. The molecular weight excluding hydrogens is 458 g/mol. The van der Waals surface area contributed by atoms with E-state index >= 15 is 0 Å². The van der Waals surface area contributed by atoms with Gasteiger partial charge in [-0.25, -0.2) is 0 Å². The summed E-state index contributed by atoms with van der Waals surface area (Å²) in [5.74, 6) is 4.71. The van der Waals surface area contributed by atoms with Crippen molar-refractivity contribution in [2.24, 2.45) is 11.1 Å². The van der Waals surface area contributed by atoms with Crippen LogP contribution in [0.3, 0.4) is 0 Å². The molecule has 0 saturated carbocycles. The van der Waals surface area contributed by atoms with E-state index in [1.165, 1.54) is 18.4 Å². The second-order valence-electron chi connectivity index (χ2n) is 7.37. The summed E-state index contributed by atoms with van der Waals surface area (Å²) in [4.78, 5) is 14.2. The molecule has 2 heterocycles. The maximum atomic E-state index is 10.1. The van der Waals surface area contributed by atoms with Crippen LogP contribution >= 0.6 is 0 Å². The molecule has 0 aliphatic carbocycles. The molecule has 10 heteroatoms. The number of halogens is 1. The van der Waals surface area contributed by atoms with Gasteiger partial charge >= 0.3 is 0 Å². The van der Waals surface area contributed by atoms with Gasteiger partial charge in [0.1, 0.15) is 17.8 Å². The number of rotatable bonds is 4. The summed E-state index contributed by atoms with van der Waals surface area (Å²) in [5.41, 5.74) is 8.79. The van der Waals surface area contributed by atoms with Gasteiger partial charge in [0.05, 0.1) is 0 Å². The van der Waals surface area contributed by atoms with Crippen molar-refractivity contribution in [2.75, 3.05) is 50.2 Å². The highest BCUT2D eigenvalue weighted by atomic mass is 35.5. The van der Waals surface area contributed by atoms with E-state index in [-0.39, 0.29) is 18.2 Å². The normalized spacial score (nSPS) is 12.7. The summed E-state index contributed by atoms with van der Waals surface area (Å²) in [6.45, 7) is 3.59. The molecule has 2 aromatic carbocycles. The van der Waals surface area contributed by atoms with Crippen LogP contribution < -0.4 is 28.0 Å². The lowest BCUT2D eigenvalue weighted by Gasteiger charge is -2.23. The van der Waals surface area contributed by atoms with Gasteiger partial charge in [0.2, 0.25) is 0 Å². The summed E-state index contributed by atoms with van der Waals surface area (Å²) < 4.78 is 4.94. The Balaban J connectivity index is 0.000000477. The number of nitrogens with two attached hydrogens (primary N) is 1. The van der Waals surface area contributed by atoms with Crippen LogP contribution in [0.4, 0.5) is 11.4 Å². The highest BCUT2D eigenvalue weighted by Crippen LogP contribution is 2.28. The smallest absolute Gasteiger partial charge is 0.121 e. The van der Waals surface area contributed by atoms with E-state index in [1.54, 1.807) is 30.3 Å². The van der Waals surface area contributed by atoms with Crippen LogP contribution in [0.2, 0.25) is 0 Å². The number of benzene rings is 2. The number of aromatic hydroxyl groups is 2. The summed E-state index contributed by atoms with van der Waals surface area (Å²) in [6, 6.07) is 12.4. The van der Waals surface area contributed by atoms with Crippen molar-refractivity contribution >= 4 is 23.7 Å². The van der Waals surface area contributed by atoms with E-state index in [9.17, 15) is 15.0 Å². The van der Waals surface area contributed by atoms with Gasteiger partial charge in [-0.1, -0.05) is 23.4 Å². The summed E-state index contributed by atoms with van der Waals surface area (Å²) in [7, 11) is 3.90. The minimum absolute atomic E-state index is 0. The predicted molar refractivity (Wildman–Crippen MR) is 132 cm³/mol. The molecule has 0 amide bonds. The van der Waals surface area contributed by atoms with Gasteiger partial charge in [-0.05, 0) is 42.7 Å². The van der Waals surface area contributed by atoms with Crippen LogP contribution in [-0.2, 0) is 9.53 Å². The maximum Gasteiger partial charge on any atom is 0.121 e. The van der Waals surface area contributed by atoms with E-state index in [0.29, 0.717) is 18.7 Å². The number of likely N-dealkylation sites (N-methyl/N-ethyl adjacent to an activating group) is 1. The molecule has 5 N–H and O–H groups in total. The third-order valence-corrected chi connectivity index (χ3v) is 4.78. The Hall–Kier alpha value is -3.30. The molecule has 2 aliphatic heterocycles. The Morgan fingerprint density at radius 3 is 2.38 bits per heavy atom. The number of fused-ring (bicyclic) bond motifs is 1. The molecule has 0 bridgehead atoms. The molecule has 0 unspecified atom stereocenters. The molecule has 2 aliphatic rings. The number of phenols is 2. The first kappa shape index (κ1) is 30.7. The minimum atomic E-state index is 0. The highest BCUT2D eigenvalue weighted by Gasteiger charge is 2.08. The van der Waals surface area contributed by atoms with Crippen molar-refractivity contribution in [3.05, 3.63) is 54.1 Å². The van der Waals surface area contributed by atoms with E-state index in [0.717, 1.165) is 37.4 Å². The lowest BCUT2D eigenvalue weighted by atomic mass is 10.1. The summed E-state index contributed by atoms with van der Waals surface area (Å²) in [5, 5.41) is 20.7. The number of hydrogen-bond acceptors (Lipinski definition) is 8. The number of phenolic OH excluding ortho intramolecular Hbond substituents is 2. The third-order valence-electron chi connectivity index (χ3n) is 4.78. The van der Waals surface area contributed by atoms with E-state index in [4.69, 9.17) is 10.3 Å². The zero-order valence-corrected chi connectivity index (χ0v) is 20.5. The van der Waals surface area contributed by atoms with Crippen LogP contribution in [0.1, 0.15) is 24.8 Å². The van der Waals surface area contributed by atoms with Crippen molar-refractivity contribution in [1.82, 2.24) is 0 Å². The average molecular weight is 493 g/mol. The first-order valence-corrected chi connectivity index (χ1v) is 10.7. The molecule has 188 valence electrons. The fraction of sp³-hybridized carbons (Fsp3) is 0.375. The zero-order valence-electron chi connectivity index (χ0n) is 19.7. The van der Waals surface area contributed by atoms with E-state index in [1.807, 2.05) is 31.1 Å². The number of anilines is 2. The van der Waals surface area contributed by atoms with Gasteiger partial charge in [0.25, 0.3) is 0 Å². The van der Waals surface area contributed by atoms with Crippen molar-refractivity contribution in [3.63, 3.8) is 0 Å². The molecule has 34 heavy (non-hydrogen) atoms. The Bertz CT molecular complexity index is 871. The number of ether oxygens (including phenoxy) is 1. The Labute approximate surface area is 207 Å². The predicted octanol–water partition coefficient (Wildman–Crippen LogP) is 0.964. The lowest BCUT2D eigenvalue weighted by molar-refractivity contribution is -0.107. The van der Waals surface area contributed by atoms with Crippen molar-refractivity contribution in [2.45, 2.75) is 19.3 Å². The minimum Gasteiger partial charge on any atom is -1.00 e.